The Morgan fingerprint density at radius 2 is 2.10 bits per heavy atom. The Morgan fingerprint density at radius 3 is 2.84 bits per heavy atom. The van der Waals surface area contributed by atoms with Gasteiger partial charge in [-0.2, -0.15) is 0 Å². The summed E-state index contributed by atoms with van der Waals surface area (Å²) in [6.45, 7) is 1.94. The molecule has 31 heavy (non-hydrogen) atoms. The predicted octanol–water partition coefficient (Wildman–Crippen LogP) is 5.20. The van der Waals surface area contributed by atoms with Crippen LogP contribution in [0.15, 0.2) is 54.9 Å². The number of hydrogen-bond donors (Lipinski definition) is 0. The van der Waals surface area contributed by atoms with Crippen molar-refractivity contribution >= 4 is 29.1 Å². The van der Waals surface area contributed by atoms with Gasteiger partial charge in [0.15, 0.2) is 0 Å². The van der Waals surface area contributed by atoms with Gasteiger partial charge in [0.05, 0.1) is 22.7 Å². The normalized spacial score (nSPS) is 15.9. The van der Waals surface area contributed by atoms with Crippen LogP contribution < -0.4 is 0 Å². The molecule has 0 spiro atoms. The van der Waals surface area contributed by atoms with E-state index in [4.69, 9.17) is 27.9 Å². The van der Waals surface area contributed by atoms with Crippen molar-refractivity contribution in [3.63, 3.8) is 0 Å². The van der Waals surface area contributed by atoms with Gasteiger partial charge >= 0.3 is 0 Å². The highest BCUT2D eigenvalue weighted by Crippen LogP contribution is 2.23. The maximum atomic E-state index is 13.7. The summed E-state index contributed by atoms with van der Waals surface area (Å²) in [6, 6.07) is 11.2. The number of carbonyl (C=O) groups is 1. The molecule has 2 heterocycles. The molecule has 5 nitrogen and oxygen atoms in total. The molecule has 8 heteroatoms. The highest BCUT2D eigenvalue weighted by Gasteiger charge is 2.25. The third-order valence-corrected chi connectivity index (χ3v) is 6.02. The maximum Gasteiger partial charge on any atom is 0.254 e. The standard InChI is InChI=1S/C23H22Cl2FN3O2/c24-20-7-6-16(11-21(20)25)13-28-9-8-27-22(28)15-29(14-19-5-2-10-31-19)23(30)17-3-1-4-18(26)12-17/h1,3-4,6-9,11-12,19H,2,5,10,13-15H2. The van der Waals surface area contributed by atoms with Gasteiger partial charge in [-0.25, -0.2) is 9.37 Å². The quantitative estimate of drug-likeness (QED) is 0.485. The van der Waals surface area contributed by atoms with Crippen LogP contribution in [0.25, 0.3) is 0 Å². The largest absolute Gasteiger partial charge is 0.376 e. The molecule has 0 aliphatic carbocycles. The minimum atomic E-state index is -0.441. The van der Waals surface area contributed by atoms with Crippen molar-refractivity contribution in [2.24, 2.45) is 0 Å². The number of ether oxygens (including phenoxy) is 1. The summed E-state index contributed by atoms with van der Waals surface area (Å²) in [7, 11) is 0. The third kappa shape index (κ3) is 5.45. The molecule has 2 aromatic carbocycles. The molecule has 1 atom stereocenters. The van der Waals surface area contributed by atoms with Crippen LogP contribution in [-0.4, -0.2) is 39.6 Å². The van der Waals surface area contributed by atoms with Gasteiger partial charge in [0.2, 0.25) is 0 Å². The first-order chi connectivity index (χ1) is 15.0. The number of hydrogen-bond acceptors (Lipinski definition) is 3. The number of carbonyl (C=O) groups excluding carboxylic acids is 1. The Kier molecular flexibility index (Phi) is 6.90. The molecule has 1 amide bonds. The Balaban J connectivity index is 1.56. The van der Waals surface area contributed by atoms with Gasteiger partial charge < -0.3 is 14.2 Å². The number of nitrogens with zero attached hydrogens (tertiary/aromatic N) is 3. The van der Waals surface area contributed by atoms with Gasteiger partial charge in [-0.15, -0.1) is 0 Å². The van der Waals surface area contributed by atoms with Crippen molar-refractivity contribution in [2.75, 3.05) is 13.2 Å². The molecule has 1 saturated heterocycles. The number of rotatable bonds is 7. The molecule has 162 valence electrons. The maximum absolute atomic E-state index is 13.7. The SMILES string of the molecule is O=C(c1cccc(F)c1)N(Cc1nccn1Cc1ccc(Cl)c(Cl)c1)CC1CCCO1. The average Bonchev–Trinajstić information content (AvgIpc) is 3.42. The summed E-state index contributed by atoms with van der Waals surface area (Å²) in [5.41, 5.74) is 1.27. The first kappa shape index (κ1) is 21.8. The van der Waals surface area contributed by atoms with E-state index in [1.807, 2.05) is 22.9 Å². The Morgan fingerprint density at radius 1 is 1.23 bits per heavy atom. The van der Waals surface area contributed by atoms with Crippen molar-refractivity contribution in [3.8, 4) is 0 Å². The molecule has 0 radical (unpaired) electrons. The topological polar surface area (TPSA) is 47.4 Å². The van der Waals surface area contributed by atoms with E-state index < -0.39 is 5.82 Å². The van der Waals surface area contributed by atoms with E-state index in [0.717, 1.165) is 18.4 Å². The summed E-state index contributed by atoms with van der Waals surface area (Å²) in [4.78, 5) is 19.3. The van der Waals surface area contributed by atoms with E-state index in [1.165, 1.54) is 18.2 Å². The van der Waals surface area contributed by atoms with Crippen molar-refractivity contribution in [2.45, 2.75) is 32.0 Å². The van der Waals surface area contributed by atoms with Crippen LogP contribution in [0, 0.1) is 5.82 Å². The van der Waals surface area contributed by atoms with Crippen molar-refractivity contribution < 1.29 is 13.9 Å². The lowest BCUT2D eigenvalue weighted by molar-refractivity contribution is 0.0498. The van der Waals surface area contributed by atoms with Crippen molar-refractivity contribution in [1.29, 1.82) is 0 Å². The van der Waals surface area contributed by atoms with Crippen LogP contribution in [-0.2, 0) is 17.8 Å². The molecule has 4 rings (SSSR count). The van der Waals surface area contributed by atoms with Crippen LogP contribution in [0.2, 0.25) is 10.0 Å². The van der Waals surface area contributed by atoms with E-state index in [0.29, 0.717) is 41.1 Å². The molecule has 1 aromatic heterocycles. The third-order valence-electron chi connectivity index (χ3n) is 5.28. The molecular formula is C23H22Cl2FN3O2. The highest BCUT2D eigenvalue weighted by atomic mass is 35.5. The minimum Gasteiger partial charge on any atom is -0.376 e. The smallest absolute Gasteiger partial charge is 0.254 e. The van der Waals surface area contributed by atoms with Gasteiger partial charge in [-0.1, -0.05) is 35.3 Å². The summed E-state index contributed by atoms with van der Waals surface area (Å²) in [5.74, 6) is 0.0249. The second kappa shape index (κ2) is 9.81. The average molecular weight is 462 g/mol. The summed E-state index contributed by atoms with van der Waals surface area (Å²) >= 11 is 12.2. The van der Waals surface area contributed by atoms with Crippen molar-refractivity contribution in [3.05, 3.63) is 87.7 Å². The summed E-state index contributed by atoms with van der Waals surface area (Å²) in [5, 5.41) is 0.988. The fraction of sp³-hybridized carbons (Fsp3) is 0.304. The number of aromatic nitrogens is 2. The Labute approximate surface area is 190 Å². The number of amides is 1. The van der Waals surface area contributed by atoms with E-state index >= 15 is 0 Å². The summed E-state index contributed by atoms with van der Waals surface area (Å²) < 4.78 is 21.4. The monoisotopic (exact) mass is 461 g/mol. The lowest BCUT2D eigenvalue weighted by Crippen LogP contribution is -2.37. The molecular weight excluding hydrogens is 440 g/mol. The lowest BCUT2D eigenvalue weighted by atomic mass is 10.1. The van der Waals surface area contributed by atoms with E-state index in [9.17, 15) is 9.18 Å². The first-order valence-electron chi connectivity index (χ1n) is 10.1. The van der Waals surface area contributed by atoms with E-state index in [1.54, 1.807) is 23.2 Å². The molecule has 3 aromatic rings. The zero-order valence-electron chi connectivity index (χ0n) is 16.8. The Bertz CT molecular complexity index is 1070. The van der Waals surface area contributed by atoms with Gasteiger partial charge in [-0.05, 0) is 48.7 Å². The van der Waals surface area contributed by atoms with Crippen molar-refractivity contribution in [1.82, 2.24) is 14.5 Å². The second-order valence-corrected chi connectivity index (χ2v) is 8.37. The van der Waals surface area contributed by atoms with Gasteiger partial charge in [0, 0.05) is 37.7 Å². The number of halogens is 3. The van der Waals surface area contributed by atoms with E-state index in [2.05, 4.69) is 4.98 Å². The van der Waals surface area contributed by atoms with Gasteiger partial charge in [-0.3, -0.25) is 4.79 Å². The van der Waals surface area contributed by atoms with Gasteiger partial charge in [0.1, 0.15) is 11.6 Å². The lowest BCUT2D eigenvalue weighted by Gasteiger charge is -2.26. The molecule has 1 unspecified atom stereocenters. The predicted molar refractivity (Wildman–Crippen MR) is 118 cm³/mol. The fourth-order valence-corrected chi connectivity index (χ4v) is 4.02. The molecule has 1 aliphatic heterocycles. The van der Waals surface area contributed by atoms with Crippen LogP contribution in [0.5, 0.6) is 0 Å². The zero-order chi connectivity index (χ0) is 21.8. The minimum absolute atomic E-state index is 0.0315. The van der Waals surface area contributed by atoms with Gasteiger partial charge in [0.25, 0.3) is 5.91 Å². The second-order valence-electron chi connectivity index (χ2n) is 7.55. The fourth-order valence-electron chi connectivity index (χ4n) is 3.70. The molecule has 0 N–H and O–H groups in total. The molecule has 1 fully saturated rings. The van der Waals surface area contributed by atoms with Crippen LogP contribution in [0.1, 0.15) is 34.6 Å². The first-order valence-corrected chi connectivity index (χ1v) is 10.9. The Hall–Kier alpha value is -2.41. The van der Waals surface area contributed by atoms with Crippen LogP contribution in [0.4, 0.5) is 4.39 Å². The number of benzene rings is 2. The zero-order valence-corrected chi connectivity index (χ0v) is 18.3. The summed E-state index contributed by atoms with van der Waals surface area (Å²) in [6.07, 6.45) is 5.39. The van der Waals surface area contributed by atoms with Crippen LogP contribution in [0.3, 0.4) is 0 Å². The van der Waals surface area contributed by atoms with Crippen LogP contribution >= 0.6 is 23.2 Å². The molecule has 0 saturated carbocycles. The van der Waals surface area contributed by atoms with E-state index in [-0.39, 0.29) is 18.6 Å². The molecule has 0 bridgehead atoms. The highest BCUT2D eigenvalue weighted by molar-refractivity contribution is 6.42. The number of imidazole rings is 1. The molecule has 1 aliphatic rings.